The van der Waals surface area contributed by atoms with Gasteiger partial charge in [-0.05, 0) is 17.7 Å². The minimum Gasteiger partial charge on any atom is -0.378 e. The Bertz CT molecular complexity index is 467. The number of hydrogen-bond acceptors (Lipinski definition) is 4. The maximum Gasteiger partial charge on any atom is 0.226 e. The van der Waals surface area contributed by atoms with Gasteiger partial charge >= 0.3 is 0 Å². The van der Waals surface area contributed by atoms with E-state index in [2.05, 4.69) is 10.6 Å². The molecule has 0 radical (unpaired) electrons. The second-order valence-electron chi connectivity index (χ2n) is 4.82. The Morgan fingerprint density at radius 1 is 1.35 bits per heavy atom. The van der Waals surface area contributed by atoms with Crippen molar-refractivity contribution in [1.29, 1.82) is 0 Å². The SMILES string of the molecule is NC(=O)Cc1ccc(NC(=O)CC2COCCN2)cc1. The van der Waals surface area contributed by atoms with Crippen LogP contribution in [0.4, 0.5) is 5.69 Å². The van der Waals surface area contributed by atoms with Crippen molar-refractivity contribution in [2.24, 2.45) is 5.73 Å². The van der Waals surface area contributed by atoms with Gasteiger partial charge in [0.05, 0.1) is 19.6 Å². The number of nitrogens with one attached hydrogen (secondary N) is 2. The zero-order valence-electron chi connectivity index (χ0n) is 11.2. The van der Waals surface area contributed by atoms with E-state index in [0.717, 1.165) is 12.1 Å². The molecule has 0 saturated carbocycles. The first-order chi connectivity index (χ1) is 9.63. The van der Waals surface area contributed by atoms with E-state index in [9.17, 15) is 9.59 Å². The highest BCUT2D eigenvalue weighted by molar-refractivity contribution is 5.91. The number of hydrogen-bond donors (Lipinski definition) is 3. The minimum atomic E-state index is -0.370. The standard InChI is InChI=1S/C14H19N3O3/c15-13(18)7-10-1-3-11(4-2-10)17-14(19)8-12-9-20-6-5-16-12/h1-4,12,16H,5-9H2,(H2,15,18)(H,17,19). The van der Waals surface area contributed by atoms with Crippen molar-refractivity contribution in [2.75, 3.05) is 25.1 Å². The van der Waals surface area contributed by atoms with E-state index in [0.29, 0.717) is 25.3 Å². The lowest BCUT2D eigenvalue weighted by Crippen LogP contribution is -2.43. The zero-order valence-corrected chi connectivity index (χ0v) is 11.2. The van der Waals surface area contributed by atoms with Gasteiger partial charge < -0.3 is 21.1 Å². The molecule has 1 aliphatic heterocycles. The number of benzene rings is 1. The minimum absolute atomic E-state index is 0.0596. The van der Waals surface area contributed by atoms with Crippen molar-refractivity contribution < 1.29 is 14.3 Å². The molecule has 4 N–H and O–H groups in total. The van der Waals surface area contributed by atoms with Gasteiger partial charge in [0.15, 0.2) is 0 Å². The van der Waals surface area contributed by atoms with Crippen LogP contribution in [0.2, 0.25) is 0 Å². The van der Waals surface area contributed by atoms with Crippen molar-refractivity contribution in [3.8, 4) is 0 Å². The molecule has 0 aromatic heterocycles. The number of carbonyl (C=O) groups excluding carboxylic acids is 2. The third kappa shape index (κ3) is 4.64. The van der Waals surface area contributed by atoms with E-state index in [-0.39, 0.29) is 24.3 Å². The molecule has 1 fully saturated rings. The van der Waals surface area contributed by atoms with Crippen LogP contribution in [-0.2, 0) is 20.7 Å². The van der Waals surface area contributed by atoms with E-state index in [1.54, 1.807) is 24.3 Å². The lowest BCUT2D eigenvalue weighted by molar-refractivity contribution is -0.118. The normalized spacial score (nSPS) is 18.5. The van der Waals surface area contributed by atoms with Crippen molar-refractivity contribution in [3.63, 3.8) is 0 Å². The van der Waals surface area contributed by atoms with Crippen LogP contribution < -0.4 is 16.4 Å². The molecular weight excluding hydrogens is 258 g/mol. The lowest BCUT2D eigenvalue weighted by atomic mass is 10.1. The summed E-state index contributed by atoms with van der Waals surface area (Å²) in [6.45, 7) is 2.03. The van der Waals surface area contributed by atoms with Crippen LogP contribution in [0.15, 0.2) is 24.3 Å². The molecule has 1 unspecified atom stereocenters. The summed E-state index contributed by atoms with van der Waals surface area (Å²) in [6.07, 6.45) is 0.584. The molecule has 6 heteroatoms. The van der Waals surface area contributed by atoms with Gasteiger partial charge in [0.1, 0.15) is 0 Å². The Hall–Kier alpha value is -1.92. The first-order valence-corrected chi connectivity index (χ1v) is 6.62. The van der Waals surface area contributed by atoms with Crippen LogP contribution >= 0.6 is 0 Å². The van der Waals surface area contributed by atoms with E-state index < -0.39 is 0 Å². The van der Waals surface area contributed by atoms with Crippen molar-refractivity contribution in [1.82, 2.24) is 5.32 Å². The Morgan fingerprint density at radius 2 is 2.10 bits per heavy atom. The van der Waals surface area contributed by atoms with Crippen molar-refractivity contribution >= 4 is 17.5 Å². The Morgan fingerprint density at radius 3 is 2.70 bits per heavy atom. The molecule has 1 heterocycles. The van der Waals surface area contributed by atoms with Gasteiger partial charge in [-0.2, -0.15) is 0 Å². The first kappa shape index (κ1) is 14.5. The summed E-state index contributed by atoms with van der Waals surface area (Å²) >= 11 is 0. The molecule has 1 aromatic carbocycles. The molecule has 2 rings (SSSR count). The number of morpholine rings is 1. The van der Waals surface area contributed by atoms with Gasteiger partial charge in [-0.3, -0.25) is 9.59 Å². The number of primary amides is 1. The van der Waals surface area contributed by atoms with Crippen LogP contribution in [0, 0.1) is 0 Å². The molecule has 0 bridgehead atoms. The smallest absolute Gasteiger partial charge is 0.226 e. The number of amides is 2. The fourth-order valence-electron chi connectivity index (χ4n) is 2.09. The van der Waals surface area contributed by atoms with E-state index >= 15 is 0 Å². The Balaban J connectivity index is 1.82. The molecule has 1 aromatic rings. The summed E-state index contributed by atoms with van der Waals surface area (Å²) < 4.78 is 5.30. The molecule has 1 aliphatic rings. The van der Waals surface area contributed by atoms with Gasteiger partial charge in [-0.15, -0.1) is 0 Å². The highest BCUT2D eigenvalue weighted by atomic mass is 16.5. The summed E-state index contributed by atoms with van der Waals surface area (Å²) in [5.74, 6) is -0.430. The highest BCUT2D eigenvalue weighted by Crippen LogP contribution is 2.11. The van der Waals surface area contributed by atoms with Crippen LogP contribution in [0.3, 0.4) is 0 Å². The fraction of sp³-hybridized carbons (Fsp3) is 0.429. The average molecular weight is 277 g/mol. The zero-order chi connectivity index (χ0) is 14.4. The van der Waals surface area contributed by atoms with Gasteiger partial charge in [-0.1, -0.05) is 12.1 Å². The lowest BCUT2D eigenvalue weighted by Gasteiger charge is -2.23. The molecule has 6 nitrogen and oxygen atoms in total. The van der Waals surface area contributed by atoms with Crippen LogP contribution in [0.5, 0.6) is 0 Å². The monoisotopic (exact) mass is 277 g/mol. The summed E-state index contributed by atoms with van der Waals surface area (Å²) in [4.78, 5) is 22.6. The molecular formula is C14H19N3O3. The second-order valence-corrected chi connectivity index (χ2v) is 4.82. The maximum absolute atomic E-state index is 11.9. The van der Waals surface area contributed by atoms with E-state index in [1.807, 2.05) is 0 Å². The third-order valence-electron chi connectivity index (χ3n) is 3.05. The number of rotatable bonds is 5. The van der Waals surface area contributed by atoms with Gasteiger partial charge in [0.2, 0.25) is 11.8 Å². The van der Waals surface area contributed by atoms with Crippen LogP contribution in [-0.4, -0.2) is 37.6 Å². The summed E-state index contributed by atoms with van der Waals surface area (Å²) in [6, 6.07) is 7.16. The first-order valence-electron chi connectivity index (χ1n) is 6.62. The predicted octanol–water partition coefficient (Wildman–Crippen LogP) is 0.0314. The summed E-state index contributed by atoms with van der Waals surface area (Å²) in [5, 5.41) is 6.05. The molecule has 1 saturated heterocycles. The van der Waals surface area contributed by atoms with Crippen molar-refractivity contribution in [2.45, 2.75) is 18.9 Å². The number of nitrogens with two attached hydrogens (primary N) is 1. The highest BCUT2D eigenvalue weighted by Gasteiger charge is 2.16. The maximum atomic E-state index is 11.9. The van der Waals surface area contributed by atoms with Gasteiger partial charge in [-0.25, -0.2) is 0 Å². The topological polar surface area (TPSA) is 93.5 Å². The molecule has 1 atom stereocenters. The number of ether oxygens (including phenoxy) is 1. The van der Waals surface area contributed by atoms with E-state index in [1.165, 1.54) is 0 Å². The number of carbonyl (C=O) groups is 2. The average Bonchev–Trinajstić information content (AvgIpc) is 2.41. The molecule has 108 valence electrons. The quantitative estimate of drug-likeness (QED) is 0.708. The molecule has 2 amide bonds. The largest absolute Gasteiger partial charge is 0.378 e. The Labute approximate surface area is 117 Å². The summed E-state index contributed by atoms with van der Waals surface area (Å²) in [5.41, 5.74) is 6.66. The molecule has 20 heavy (non-hydrogen) atoms. The van der Waals surface area contributed by atoms with Gasteiger partial charge in [0.25, 0.3) is 0 Å². The van der Waals surface area contributed by atoms with Crippen LogP contribution in [0.1, 0.15) is 12.0 Å². The molecule has 0 aliphatic carbocycles. The predicted molar refractivity (Wildman–Crippen MR) is 75.2 cm³/mol. The van der Waals surface area contributed by atoms with Gasteiger partial charge in [0, 0.05) is 24.7 Å². The molecule has 0 spiro atoms. The van der Waals surface area contributed by atoms with Crippen LogP contribution in [0.25, 0.3) is 0 Å². The fourth-order valence-corrected chi connectivity index (χ4v) is 2.09. The second kappa shape index (κ2) is 7.02. The van der Waals surface area contributed by atoms with E-state index in [4.69, 9.17) is 10.5 Å². The third-order valence-corrected chi connectivity index (χ3v) is 3.05. The van der Waals surface area contributed by atoms with Crippen molar-refractivity contribution in [3.05, 3.63) is 29.8 Å². The summed E-state index contributed by atoms with van der Waals surface area (Å²) in [7, 11) is 0. The Kier molecular flexibility index (Phi) is 5.09. The number of anilines is 1.